The van der Waals surface area contributed by atoms with Gasteiger partial charge in [0.2, 0.25) is 0 Å². The maximum atomic E-state index is 11.1. The molecular weight excluding hydrogens is 516 g/mol. The summed E-state index contributed by atoms with van der Waals surface area (Å²) < 4.78 is 0. The van der Waals surface area contributed by atoms with Crippen molar-refractivity contribution in [2.24, 2.45) is 21.8 Å². The summed E-state index contributed by atoms with van der Waals surface area (Å²) in [5.74, 6) is 1.96. The van der Waals surface area contributed by atoms with Gasteiger partial charge in [-0.05, 0) is 93.8 Å². The first-order chi connectivity index (χ1) is 19.9. The predicted octanol–water partition coefficient (Wildman–Crippen LogP) is 10.4. The highest BCUT2D eigenvalue weighted by molar-refractivity contribution is 5.96. The number of nitrogens with zero attached hydrogens (tertiary/aromatic N) is 2. The summed E-state index contributed by atoms with van der Waals surface area (Å²) in [6.07, 6.45) is 5.38. The number of phenolic OH excluding ortho intramolecular Hbond substituents is 2. The molecule has 0 unspecified atom stereocenters. The monoisotopic (exact) mass is 562 g/mol. The molecule has 0 aromatic heterocycles. The maximum Gasteiger partial charge on any atom is 0.127 e. The SMILES string of the molecule is CC(C)Cc1cc(C=Nc2cc3ccccc3cc2N=Cc2cc(CC(C)C)cc(C(C)C)c2O)c(O)c(C(C)C)c1. The molecule has 0 aliphatic rings. The van der Waals surface area contributed by atoms with Crippen molar-refractivity contribution in [1.82, 2.24) is 0 Å². The van der Waals surface area contributed by atoms with Gasteiger partial charge in [0.15, 0.2) is 0 Å². The summed E-state index contributed by atoms with van der Waals surface area (Å²) in [5.41, 5.74) is 7.08. The predicted molar refractivity (Wildman–Crippen MR) is 180 cm³/mol. The molecule has 0 radical (unpaired) electrons. The Hall–Kier alpha value is -3.92. The average molecular weight is 563 g/mol. The van der Waals surface area contributed by atoms with E-state index in [-0.39, 0.29) is 23.3 Å². The van der Waals surface area contributed by atoms with Crippen LogP contribution >= 0.6 is 0 Å². The Balaban J connectivity index is 1.82. The molecule has 2 N–H and O–H groups in total. The van der Waals surface area contributed by atoms with E-state index in [4.69, 9.17) is 9.98 Å². The first kappa shape index (κ1) is 31.0. The number of aromatic hydroxyl groups is 2. The summed E-state index contributed by atoms with van der Waals surface area (Å²) in [6, 6.07) is 20.5. The van der Waals surface area contributed by atoms with Crippen molar-refractivity contribution in [3.63, 3.8) is 0 Å². The lowest BCUT2D eigenvalue weighted by Gasteiger charge is -2.15. The Morgan fingerprint density at radius 3 is 1.29 bits per heavy atom. The van der Waals surface area contributed by atoms with Crippen molar-refractivity contribution in [3.05, 3.63) is 94.0 Å². The minimum absolute atomic E-state index is 0.194. The van der Waals surface area contributed by atoms with E-state index in [1.807, 2.05) is 36.4 Å². The highest BCUT2D eigenvalue weighted by Crippen LogP contribution is 2.36. The van der Waals surface area contributed by atoms with Gasteiger partial charge < -0.3 is 10.2 Å². The Morgan fingerprint density at radius 2 is 0.952 bits per heavy atom. The Morgan fingerprint density at radius 1 is 0.571 bits per heavy atom. The van der Waals surface area contributed by atoms with Gasteiger partial charge in [-0.2, -0.15) is 0 Å². The second-order valence-electron chi connectivity index (χ2n) is 13.0. The minimum Gasteiger partial charge on any atom is -0.507 e. The molecule has 4 rings (SSSR count). The first-order valence-corrected chi connectivity index (χ1v) is 15.2. The molecule has 0 aliphatic heterocycles. The smallest absolute Gasteiger partial charge is 0.127 e. The van der Waals surface area contributed by atoms with E-state index in [1.165, 1.54) is 11.1 Å². The largest absolute Gasteiger partial charge is 0.507 e. The fourth-order valence-electron chi connectivity index (χ4n) is 5.45. The van der Waals surface area contributed by atoms with Gasteiger partial charge in [-0.15, -0.1) is 0 Å². The van der Waals surface area contributed by atoms with Gasteiger partial charge in [-0.25, -0.2) is 0 Å². The molecule has 0 spiro atoms. The van der Waals surface area contributed by atoms with E-state index in [1.54, 1.807) is 12.4 Å². The van der Waals surface area contributed by atoms with Crippen LogP contribution in [0.15, 0.2) is 70.6 Å². The fraction of sp³-hybridized carbons (Fsp3) is 0.368. The van der Waals surface area contributed by atoms with Gasteiger partial charge in [-0.3, -0.25) is 9.98 Å². The van der Waals surface area contributed by atoms with E-state index in [2.05, 4.69) is 79.7 Å². The van der Waals surface area contributed by atoms with Crippen LogP contribution in [-0.4, -0.2) is 22.6 Å². The van der Waals surface area contributed by atoms with Gasteiger partial charge in [0, 0.05) is 23.6 Å². The van der Waals surface area contributed by atoms with Gasteiger partial charge in [0.25, 0.3) is 0 Å². The molecular formula is C38H46N2O2. The average Bonchev–Trinajstić information content (AvgIpc) is 2.92. The zero-order valence-electron chi connectivity index (χ0n) is 26.4. The normalized spacial score (nSPS) is 12.4. The standard InChI is InChI=1S/C38H46N2O2/c1-23(2)13-27-15-31(37(41)33(17-27)25(5)6)21-39-35-19-29-11-9-10-12-30(29)20-36(35)40-22-32-16-28(14-24(3)4)18-34(26(7)8)38(32)42/h9-12,15-26,41-42H,13-14H2,1-8H3. The highest BCUT2D eigenvalue weighted by atomic mass is 16.3. The molecule has 220 valence electrons. The first-order valence-electron chi connectivity index (χ1n) is 15.2. The molecule has 42 heavy (non-hydrogen) atoms. The summed E-state index contributed by atoms with van der Waals surface area (Å²) in [5, 5.41) is 24.4. The Bertz CT molecular complexity index is 1490. The van der Waals surface area contributed by atoms with Crippen molar-refractivity contribution in [1.29, 1.82) is 0 Å². The van der Waals surface area contributed by atoms with Crippen LogP contribution in [0.4, 0.5) is 11.4 Å². The van der Waals surface area contributed by atoms with Crippen molar-refractivity contribution >= 4 is 34.6 Å². The van der Waals surface area contributed by atoms with Crippen molar-refractivity contribution < 1.29 is 10.2 Å². The molecule has 4 heteroatoms. The zero-order chi connectivity index (χ0) is 30.6. The van der Waals surface area contributed by atoms with Crippen LogP contribution in [0.1, 0.15) is 101 Å². The summed E-state index contributed by atoms with van der Waals surface area (Å²) in [4.78, 5) is 9.77. The third-order valence-corrected chi connectivity index (χ3v) is 7.52. The lowest BCUT2D eigenvalue weighted by atomic mass is 9.93. The van der Waals surface area contributed by atoms with Crippen molar-refractivity contribution in [2.45, 2.75) is 80.1 Å². The lowest BCUT2D eigenvalue weighted by Crippen LogP contribution is -2.00. The number of rotatable bonds is 10. The molecule has 0 amide bonds. The van der Waals surface area contributed by atoms with E-state index in [0.717, 1.165) is 34.7 Å². The van der Waals surface area contributed by atoms with Crippen LogP contribution in [-0.2, 0) is 12.8 Å². The topological polar surface area (TPSA) is 65.2 Å². The van der Waals surface area contributed by atoms with Gasteiger partial charge in [0.1, 0.15) is 11.5 Å². The number of phenols is 2. The van der Waals surface area contributed by atoms with Crippen LogP contribution in [0.2, 0.25) is 0 Å². The third kappa shape index (κ3) is 7.47. The second-order valence-corrected chi connectivity index (χ2v) is 13.0. The molecule has 0 aliphatic carbocycles. The number of benzene rings is 4. The molecule has 0 heterocycles. The van der Waals surface area contributed by atoms with Crippen LogP contribution in [0, 0.1) is 11.8 Å². The Labute approximate surface area is 251 Å². The second kappa shape index (κ2) is 13.4. The quantitative estimate of drug-likeness (QED) is 0.189. The molecule has 0 saturated heterocycles. The zero-order valence-corrected chi connectivity index (χ0v) is 26.4. The third-order valence-electron chi connectivity index (χ3n) is 7.52. The van der Waals surface area contributed by atoms with Gasteiger partial charge >= 0.3 is 0 Å². The number of fused-ring (bicyclic) bond motifs is 1. The van der Waals surface area contributed by atoms with E-state index >= 15 is 0 Å². The van der Waals surface area contributed by atoms with Crippen LogP contribution in [0.5, 0.6) is 11.5 Å². The molecule has 4 aromatic rings. The molecule has 0 fully saturated rings. The van der Waals surface area contributed by atoms with Crippen LogP contribution in [0.25, 0.3) is 10.8 Å². The molecule has 0 atom stereocenters. The van der Waals surface area contributed by atoms with E-state index < -0.39 is 0 Å². The van der Waals surface area contributed by atoms with Crippen molar-refractivity contribution in [3.8, 4) is 11.5 Å². The minimum atomic E-state index is 0.194. The number of hydrogen-bond acceptors (Lipinski definition) is 4. The van der Waals surface area contributed by atoms with Crippen LogP contribution in [0.3, 0.4) is 0 Å². The lowest BCUT2D eigenvalue weighted by molar-refractivity contribution is 0.463. The van der Waals surface area contributed by atoms with Gasteiger partial charge in [0.05, 0.1) is 11.4 Å². The summed E-state index contributed by atoms with van der Waals surface area (Å²) in [7, 11) is 0. The van der Waals surface area contributed by atoms with Gasteiger partial charge in [-0.1, -0.05) is 91.8 Å². The van der Waals surface area contributed by atoms with Crippen LogP contribution < -0.4 is 0 Å². The maximum absolute atomic E-state index is 11.1. The summed E-state index contributed by atoms with van der Waals surface area (Å²) in [6.45, 7) is 17.2. The summed E-state index contributed by atoms with van der Waals surface area (Å²) >= 11 is 0. The van der Waals surface area contributed by atoms with E-state index in [0.29, 0.717) is 34.3 Å². The molecule has 0 bridgehead atoms. The molecule has 4 aromatic carbocycles. The number of aliphatic imine (C=N–C) groups is 2. The van der Waals surface area contributed by atoms with E-state index in [9.17, 15) is 10.2 Å². The molecule has 4 nitrogen and oxygen atoms in total. The highest BCUT2D eigenvalue weighted by Gasteiger charge is 2.15. The Kier molecular flexibility index (Phi) is 9.88. The molecule has 0 saturated carbocycles. The number of hydrogen-bond donors (Lipinski definition) is 2. The van der Waals surface area contributed by atoms with Crippen molar-refractivity contribution in [2.75, 3.05) is 0 Å². The fourth-order valence-corrected chi connectivity index (χ4v) is 5.45.